The Morgan fingerprint density at radius 3 is 2.79 bits per heavy atom. The predicted octanol–water partition coefficient (Wildman–Crippen LogP) is 2.02. The molecule has 0 saturated heterocycles. The molecular weight excluding hydrogens is 200 g/mol. The highest BCUT2D eigenvalue weighted by Crippen LogP contribution is 2.21. The van der Waals surface area contributed by atoms with Gasteiger partial charge in [-0.05, 0) is 6.42 Å². The second-order valence-electron chi connectivity index (χ2n) is 3.19. The van der Waals surface area contributed by atoms with Gasteiger partial charge in [-0.1, -0.05) is 18.5 Å². The standard InChI is InChI=1S/C9H15ClN4/c1-4-5-11-9-12-6-7(10)8(13-9)14(2)3/h6H,4-5H2,1-3H3,(H,11,12,13). The van der Waals surface area contributed by atoms with Crippen LogP contribution in [-0.2, 0) is 0 Å². The number of halogens is 1. The smallest absolute Gasteiger partial charge is 0.224 e. The van der Waals surface area contributed by atoms with Crippen molar-refractivity contribution in [3.63, 3.8) is 0 Å². The number of nitrogens with zero attached hydrogens (tertiary/aromatic N) is 3. The molecule has 0 unspecified atom stereocenters. The number of hydrogen-bond acceptors (Lipinski definition) is 4. The molecule has 0 fully saturated rings. The number of hydrogen-bond donors (Lipinski definition) is 1. The predicted molar refractivity (Wildman–Crippen MR) is 60.1 cm³/mol. The van der Waals surface area contributed by atoms with E-state index >= 15 is 0 Å². The molecule has 0 atom stereocenters. The summed E-state index contributed by atoms with van der Waals surface area (Å²) in [5.41, 5.74) is 0. The normalized spacial score (nSPS) is 10.0. The molecule has 0 saturated carbocycles. The number of anilines is 2. The van der Waals surface area contributed by atoms with Crippen molar-refractivity contribution in [1.82, 2.24) is 9.97 Å². The first-order valence-electron chi connectivity index (χ1n) is 4.59. The van der Waals surface area contributed by atoms with Gasteiger partial charge in [-0.15, -0.1) is 0 Å². The summed E-state index contributed by atoms with van der Waals surface area (Å²) in [6.45, 7) is 2.96. The molecule has 0 aliphatic carbocycles. The van der Waals surface area contributed by atoms with Crippen LogP contribution in [0.25, 0.3) is 0 Å². The zero-order valence-electron chi connectivity index (χ0n) is 8.71. The lowest BCUT2D eigenvalue weighted by Crippen LogP contribution is -2.13. The molecular formula is C9H15ClN4. The molecule has 1 N–H and O–H groups in total. The lowest BCUT2D eigenvalue weighted by molar-refractivity contribution is 0.944. The third kappa shape index (κ3) is 2.73. The SMILES string of the molecule is CCCNc1ncc(Cl)c(N(C)C)n1. The molecule has 14 heavy (non-hydrogen) atoms. The van der Waals surface area contributed by atoms with Crippen LogP contribution < -0.4 is 10.2 Å². The van der Waals surface area contributed by atoms with E-state index in [1.807, 2.05) is 19.0 Å². The summed E-state index contributed by atoms with van der Waals surface area (Å²) in [6.07, 6.45) is 2.66. The number of aromatic nitrogens is 2. The monoisotopic (exact) mass is 214 g/mol. The van der Waals surface area contributed by atoms with Gasteiger partial charge >= 0.3 is 0 Å². The van der Waals surface area contributed by atoms with Crippen LogP contribution in [-0.4, -0.2) is 30.6 Å². The summed E-state index contributed by atoms with van der Waals surface area (Å²) in [5, 5.41) is 3.68. The van der Waals surface area contributed by atoms with E-state index in [2.05, 4.69) is 22.2 Å². The van der Waals surface area contributed by atoms with Gasteiger partial charge in [0.25, 0.3) is 0 Å². The molecule has 5 heteroatoms. The van der Waals surface area contributed by atoms with E-state index in [1.165, 1.54) is 0 Å². The minimum absolute atomic E-state index is 0.567. The van der Waals surface area contributed by atoms with Gasteiger partial charge in [-0.3, -0.25) is 0 Å². The average Bonchev–Trinajstić information content (AvgIpc) is 2.16. The van der Waals surface area contributed by atoms with Crippen molar-refractivity contribution in [2.75, 3.05) is 30.9 Å². The minimum atomic E-state index is 0.567. The summed E-state index contributed by atoms with van der Waals surface area (Å²) in [7, 11) is 3.80. The van der Waals surface area contributed by atoms with Crippen LogP contribution >= 0.6 is 11.6 Å². The van der Waals surface area contributed by atoms with E-state index in [0.717, 1.165) is 18.8 Å². The van der Waals surface area contributed by atoms with Crippen molar-refractivity contribution in [3.8, 4) is 0 Å². The fourth-order valence-corrected chi connectivity index (χ4v) is 1.25. The molecule has 1 heterocycles. The molecule has 0 radical (unpaired) electrons. The van der Waals surface area contributed by atoms with Gasteiger partial charge in [0.2, 0.25) is 5.95 Å². The fourth-order valence-electron chi connectivity index (χ4n) is 0.994. The third-order valence-corrected chi connectivity index (χ3v) is 1.95. The molecule has 1 aromatic heterocycles. The van der Waals surface area contributed by atoms with Gasteiger partial charge in [0.1, 0.15) is 5.02 Å². The molecule has 0 aliphatic heterocycles. The first kappa shape index (κ1) is 11.0. The van der Waals surface area contributed by atoms with Crippen LogP contribution in [0, 0.1) is 0 Å². The molecule has 1 aromatic rings. The van der Waals surface area contributed by atoms with Crippen molar-refractivity contribution in [2.24, 2.45) is 0 Å². The van der Waals surface area contributed by atoms with Crippen molar-refractivity contribution in [3.05, 3.63) is 11.2 Å². The molecule has 0 amide bonds. The molecule has 4 nitrogen and oxygen atoms in total. The second kappa shape index (κ2) is 5.00. The Kier molecular flexibility index (Phi) is 3.95. The van der Waals surface area contributed by atoms with E-state index < -0.39 is 0 Å². The summed E-state index contributed by atoms with van der Waals surface area (Å²) in [4.78, 5) is 10.2. The van der Waals surface area contributed by atoms with Crippen LogP contribution in [0.2, 0.25) is 5.02 Å². The van der Waals surface area contributed by atoms with Crippen LogP contribution in [0.5, 0.6) is 0 Å². The maximum atomic E-state index is 5.93. The minimum Gasteiger partial charge on any atom is -0.361 e. The quantitative estimate of drug-likeness (QED) is 0.833. The lowest BCUT2D eigenvalue weighted by atomic mass is 10.5. The zero-order chi connectivity index (χ0) is 10.6. The molecule has 78 valence electrons. The Balaban J connectivity index is 2.83. The van der Waals surface area contributed by atoms with Crippen molar-refractivity contribution in [2.45, 2.75) is 13.3 Å². The second-order valence-corrected chi connectivity index (χ2v) is 3.59. The fraction of sp³-hybridized carbons (Fsp3) is 0.556. The first-order chi connectivity index (χ1) is 6.65. The van der Waals surface area contributed by atoms with Gasteiger partial charge in [0.15, 0.2) is 5.82 Å². The molecule has 0 spiro atoms. The van der Waals surface area contributed by atoms with Crippen molar-refractivity contribution < 1.29 is 0 Å². The maximum Gasteiger partial charge on any atom is 0.224 e. The average molecular weight is 215 g/mol. The summed E-state index contributed by atoms with van der Waals surface area (Å²) < 4.78 is 0. The molecule has 0 bridgehead atoms. The van der Waals surface area contributed by atoms with E-state index in [9.17, 15) is 0 Å². The van der Waals surface area contributed by atoms with Crippen molar-refractivity contribution in [1.29, 1.82) is 0 Å². The summed E-state index contributed by atoms with van der Waals surface area (Å²) in [6, 6.07) is 0. The third-order valence-electron chi connectivity index (χ3n) is 1.68. The van der Waals surface area contributed by atoms with Gasteiger partial charge in [-0.2, -0.15) is 4.98 Å². The molecule has 0 aliphatic rings. The van der Waals surface area contributed by atoms with Crippen LogP contribution in [0.15, 0.2) is 6.20 Å². The highest BCUT2D eigenvalue weighted by atomic mass is 35.5. The largest absolute Gasteiger partial charge is 0.361 e. The highest BCUT2D eigenvalue weighted by molar-refractivity contribution is 6.32. The zero-order valence-corrected chi connectivity index (χ0v) is 9.47. The Morgan fingerprint density at radius 2 is 2.21 bits per heavy atom. The van der Waals surface area contributed by atoms with E-state index in [1.54, 1.807) is 6.20 Å². The maximum absolute atomic E-state index is 5.93. The highest BCUT2D eigenvalue weighted by Gasteiger charge is 2.06. The first-order valence-corrected chi connectivity index (χ1v) is 4.96. The summed E-state index contributed by atoms with van der Waals surface area (Å²) in [5.74, 6) is 1.36. The van der Waals surface area contributed by atoms with E-state index in [4.69, 9.17) is 11.6 Å². The van der Waals surface area contributed by atoms with Gasteiger partial charge < -0.3 is 10.2 Å². The summed E-state index contributed by atoms with van der Waals surface area (Å²) >= 11 is 5.93. The van der Waals surface area contributed by atoms with Gasteiger partial charge in [-0.25, -0.2) is 4.98 Å². The Bertz CT molecular complexity index is 301. The van der Waals surface area contributed by atoms with E-state index in [-0.39, 0.29) is 0 Å². The number of nitrogens with one attached hydrogen (secondary N) is 1. The van der Waals surface area contributed by atoms with E-state index in [0.29, 0.717) is 11.0 Å². The molecule has 0 aromatic carbocycles. The Hall–Kier alpha value is -1.03. The van der Waals surface area contributed by atoms with Crippen LogP contribution in [0.4, 0.5) is 11.8 Å². The van der Waals surface area contributed by atoms with Crippen LogP contribution in [0.1, 0.15) is 13.3 Å². The number of rotatable bonds is 4. The Morgan fingerprint density at radius 1 is 1.50 bits per heavy atom. The Labute approximate surface area is 89.3 Å². The van der Waals surface area contributed by atoms with Crippen LogP contribution in [0.3, 0.4) is 0 Å². The lowest BCUT2D eigenvalue weighted by Gasteiger charge is -2.13. The van der Waals surface area contributed by atoms with Crippen molar-refractivity contribution >= 4 is 23.4 Å². The van der Waals surface area contributed by atoms with Gasteiger partial charge in [0, 0.05) is 20.6 Å². The molecule has 1 rings (SSSR count). The topological polar surface area (TPSA) is 41.1 Å². The van der Waals surface area contributed by atoms with Gasteiger partial charge in [0.05, 0.1) is 6.20 Å².